The van der Waals surface area contributed by atoms with Crippen molar-refractivity contribution >= 4 is 23.9 Å². The number of alkyl carbamates (subject to hydrolysis) is 1. The standard InChI is InChI=1S/C34H45N3O7/c1-5-13-27(20-31(39)35-28(21-38)19-25-15-9-7-10-16-25)32(40)36-30(24(3)4)23-43-33(41)29(14-6-2)37-34(42)44-22-26-17-11-8-12-18-26/h5-12,15-18,24,27-30,38H,1-2,13-14,19-23H2,3-4H3,(H,35,39)(H,36,40)(H,37,42). The van der Waals surface area contributed by atoms with Crippen molar-refractivity contribution in [1.29, 1.82) is 0 Å². The molecule has 0 spiro atoms. The highest BCUT2D eigenvalue weighted by atomic mass is 16.6. The summed E-state index contributed by atoms with van der Waals surface area (Å²) in [5, 5.41) is 18.0. The minimum atomic E-state index is -1.02. The molecular weight excluding hydrogens is 562 g/mol. The Morgan fingerprint density at radius 3 is 2.02 bits per heavy atom. The molecule has 0 fully saturated rings. The summed E-state index contributed by atoms with van der Waals surface area (Å²) in [4.78, 5) is 51.2. The van der Waals surface area contributed by atoms with Crippen molar-refractivity contribution in [3.63, 3.8) is 0 Å². The highest BCUT2D eigenvalue weighted by Gasteiger charge is 2.28. The summed E-state index contributed by atoms with van der Waals surface area (Å²) in [6.07, 6.45) is 2.99. The number of carbonyl (C=O) groups is 4. The Morgan fingerprint density at radius 2 is 1.45 bits per heavy atom. The van der Waals surface area contributed by atoms with Gasteiger partial charge in [-0.3, -0.25) is 9.59 Å². The third-order valence-corrected chi connectivity index (χ3v) is 6.89. The summed E-state index contributed by atoms with van der Waals surface area (Å²) < 4.78 is 10.7. The number of amides is 3. The van der Waals surface area contributed by atoms with Crippen LogP contribution in [0.4, 0.5) is 4.79 Å². The molecular formula is C34H45N3O7. The molecule has 4 N–H and O–H groups in total. The SMILES string of the molecule is C=CCC(CC(=O)NC(CO)Cc1ccccc1)C(=O)NC(COC(=O)C(CC=C)NC(=O)OCc1ccccc1)C(C)C. The first-order chi connectivity index (χ1) is 21.2. The fraction of sp³-hybridized carbons (Fsp3) is 0.412. The lowest BCUT2D eigenvalue weighted by Crippen LogP contribution is -2.48. The Labute approximate surface area is 259 Å². The maximum atomic E-state index is 13.2. The summed E-state index contributed by atoms with van der Waals surface area (Å²) in [6.45, 7) is 10.7. The molecule has 4 unspecified atom stereocenters. The highest BCUT2D eigenvalue weighted by Crippen LogP contribution is 2.14. The molecule has 0 aliphatic heterocycles. The predicted molar refractivity (Wildman–Crippen MR) is 168 cm³/mol. The molecule has 4 atom stereocenters. The largest absolute Gasteiger partial charge is 0.462 e. The van der Waals surface area contributed by atoms with Crippen LogP contribution in [0.2, 0.25) is 0 Å². The van der Waals surface area contributed by atoms with Gasteiger partial charge in [-0.05, 0) is 36.3 Å². The number of allylic oxidation sites excluding steroid dienone is 1. The van der Waals surface area contributed by atoms with Gasteiger partial charge in [-0.2, -0.15) is 0 Å². The van der Waals surface area contributed by atoms with Gasteiger partial charge in [-0.15, -0.1) is 13.2 Å². The topological polar surface area (TPSA) is 143 Å². The molecule has 0 aromatic heterocycles. The van der Waals surface area contributed by atoms with E-state index in [2.05, 4.69) is 29.1 Å². The second-order valence-electron chi connectivity index (χ2n) is 10.8. The van der Waals surface area contributed by atoms with E-state index in [1.54, 1.807) is 6.08 Å². The van der Waals surface area contributed by atoms with Crippen LogP contribution in [0.15, 0.2) is 86.0 Å². The van der Waals surface area contributed by atoms with E-state index in [0.717, 1.165) is 11.1 Å². The van der Waals surface area contributed by atoms with Crippen molar-refractivity contribution in [2.45, 2.75) is 64.3 Å². The second-order valence-corrected chi connectivity index (χ2v) is 10.8. The minimum absolute atomic E-state index is 0.0432. The summed E-state index contributed by atoms with van der Waals surface area (Å²) in [6, 6.07) is 16.5. The number of nitrogens with one attached hydrogen (secondary N) is 3. The first-order valence-corrected chi connectivity index (χ1v) is 14.8. The van der Waals surface area contributed by atoms with E-state index in [0.29, 0.717) is 6.42 Å². The summed E-state index contributed by atoms with van der Waals surface area (Å²) in [7, 11) is 0. The quantitative estimate of drug-likeness (QED) is 0.140. The number of aliphatic hydroxyl groups excluding tert-OH is 1. The molecule has 2 aromatic carbocycles. The van der Waals surface area contributed by atoms with Crippen LogP contribution in [-0.2, 0) is 36.9 Å². The fourth-order valence-corrected chi connectivity index (χ4v) is 4.32. The van der Waals surface area contributed by atoms with Crippen molar-refractivity contribution in [2.24, 2.45) is 11.8 Å². The zero-order valence-electron chi connectivity index (χ0n) is 25.6. The van der Waals surface area contributed by atoms with E-state index >= 15 is 0 Å². The van der Waals surface area contributed by atoms with Gasteiger partial charge in [0.15, 0.2) is 0 Å². The summed E-state index contributed by atoms with van der Waals surface area (Å²) in [5.74, 6) is -2.28. The zero-order chi connectivity index (χ0) is 32.3. The van der Waals surface area contributed by atoms with E-state index < -0.39 is 36.1 Å². The smallest absolute Gasteiger partial charge is 0.408 e. The predicted octanol–water partition coefficient (Wildman–Crippen LogP) is 3.84. The maximum absolute atomic E-state index is 13.2. The average Bonchev–Trinajstić information content (AvgIpc) is 3.01. The second kappa shape index (κ2) is 19.7. The lowest BCUT2D eigenvalue weighted by Gasteiger charge is -2.26. The Morgan fingerprint density at radius 1 is 0.841 bits per heavy atom. The third kappa shape index (κ3) is 13.2. The van der Waals surface area contributed by atoms with Gasteiger partial charge in [-0.1, -0.05) is 86.7 Å². The Kier molecular flexibility index (Phi) is 16.0. The molecule has 0 radical (unpaired) electrons. The molecule has 0 saturated heterocycles. The van der Waals surface area contributed by atoms with Crippen molar-refractivity contribution in [1.82, 2.24) is 16.0 Å². The lowest BCUT2D eigenvalue weighted by atomic mass is 9.97. The van der Waals surface area contributed by atoms with Gasteiger partial charge in [0.1, 0.15) is 19.3 Å². The number of ether oxygens (including phenoxy) is 2. The summed E-state index contributed by atoms with van der Waals surface area (Å²) >= 11 is 0. The highest BCUT2D eigenvalue weighted by molar-refractivity contribution is 5.86. The van der Waals surface area contributed by atoms with Gasteiger partial charge < -0.3 is 30.5 Å². The molecule has 0 saturated carbocycles. The molecule has 0 aliphatic rings. The van der Waals surface area contributed by atoms with Crippen LogP contribution < -0.4 is 16.0 Å². The number of benzene rings is 2. The average molecular weight is 608 g/mol. The Bertz CT molecular complexity index is 1200. The molecule has 238 valence electrons. The minimum Gasteiger partial charge on any atom is -0.462 e. The number of aliphatic hydroxyl groups is 1. The van der Waals surface area contributed by atoms with Gasteiger partial charge >= 0.3 is 12.1 Å². The van der Waals surface area contributed by atoms with Crippen molar-refractivity contribution in [3.8, 4) is 0 Å². The van der Waals surface area contributed by atoms with E-state index in [-0.39, 0.29) is 56.8 Å². The molecule has 2 rings (SSSR count). The number of carbonyl (C=O) groups excluding carboxylic acids is 4. The van der Waals surface area contributed by atoms with Crippen LogP contribution in [-0.4, -0.2) is 60.3 Å². The molecule has 0 heterocycles. The van der Waals surface area contributed by atoms with Crippen molar-refractivity contribution in [2.75, 3.05) is 13.2 Å². The fourth-order valence-electron chi connectivity index (χ4n) is 4.32. The number of hydrogen-bond donors (Lipinski definition) is 4. The van der Waals surface area contributed by atoms with Crippen molar-refractivity contribution < 1.29 is 33.8 Å². The van der Waals surface area contributed by atoms with Crippen LogP contribution in [0, 0.1) is 11.8 Å². The number of rotatable bonds is 19. The van der Waals surface area contributed by atoms with Crippen LogP contribution in [0.3, 0.4) is 0 Å². The van der Waals surface area contributed by atoms with E-state index in [1.165, 1.54) is 6.08 Å². The monoisotopic (exact) mass is 607 g/mol. The molecule has 2 aromatic rings. The molecule has 0 aliphatic carbocycles. The maximum Gasteiger partial charge on any atom is 0.408 e. The van der Waals surface area contributed by atoms with Crippen LogP contribution >= 0.6 is 0 Å². The Hall–Kier alpha value is -4.44. The van der Waals surface area contributed by atoms with Crippen LogP contribution in [0.1, 0.15) is 44.2 Å². The normalized spacial score (nSPS) is 13.5. The number of hydrogen-bond acceptors (Lipinski definition) is 7. The van der Waals surface area contributed by atoms with E-state index in [9.17, 15) is 24.3 Å². The van der Waals surface area contributed by atoms with E-state index in [4.69, 9.17) is 9.47 Å². The van der Waals surface area contributed by atoms with Crippen molar-refractivity contribution in [3.05, 3.63) is 97.1 Å². The Balaban J connectivity index is 1.92. The van der Waals surface area contributed by atoms with Gasteiger partial charge in [0, 0.05) is 6.42 Å². The first kappa shape index (κ1) is 35.8. The molecule has 0 bridgehead atoms. The van der Waals surface area contributed by atoms with Crippen LogP contribution in [0.25, 0.3) is 0 Å². The molecule has 3 amide bonds. The zero-order valence-corrected chi connectivity index (χ0v) is 25.6. The van der Waals surface area contributed by atoms with Gasteiger partial charge in [0.2, 0.25) is 11.8 Å². The molecule has 10 nitrogen and oxygen atoms in total. The molecule has 10 heteroatoms. The van der Waals surface area contributed by atoms with Gasteiger partial charge in [-0.25, -0.2) is 9.59 Å². The third-order valence-electron chi connectivity index (χ3n) is 6.89. The van der Waals surface area contributed by atoms with Gasteiger partial charge in [0.05, 0.1) is 24.6 Å². The first-order valence-electron chi connectivity index (χ1n) is 14.8. The number of esters is 1. The van der Waals surface area contributed by atoms with E-state index in [1.807, 2.05) is 74.5 Å². The van der Waals surface area contributed by atoms with Gasteiger partial charge in [0.25, 0.3) is 0 Å². The lowest BCUT2D eigenvalue weighted by molar-refractivity contribution is -0.148. The molecule has 44 heavy (non-hydrogen) atoms. The van der Waals surface area contributed by atoms with Crippen LogP contribution in [0.5, 0.6) is 0 Å². The summed E-state index contributed by atoms with van der Waals surface area (Å²) in [5.41, 5.74) is 1.77.